The Labute approximate surface area is 114 Å². The molecule has 7 heteroatoms. The number of nitrogens with one attached hydrogen (secondary N) is 1. The van der Waals surface area contributed by atoms with Gasteiger partial charge in [0.15, 0.2) is 11.6 Å². The molecule has 0 saturated carbocycles. The number of carboxylic acid groups (broad SMARTS) is 1. The Morgan fingerprint density at radius 3 is 2.30 bits per heavy atom. The quantitative estimate of drug-likeness (QED) is 0.693. The number of carboxylic acids is 1. The Morgan fingerprint density at radius 2 is 1.80 bits per heavy atom. The number of benzene rings is 1. The van der Waals surface area contributed by atoms with Gasteiger partial charge in [0.2, 0.25) is 0 Å². The van der Waals surface area contributed by atoms with Crippen molar-refractivity contribution in [3.63, 3.8) is 0 Å². The van der Waals surface area contributed by atoms with Gasteiger partial charge in [-0.05, 0) is 31.9 Å². The number of hydrogen-bond acceptors (Lipinski definition) is 3. The molecule has 0 aliphatic rings. The molecule has 110 valence electrons. The van der Waals surface area contributed by atoms with E-state index >= 15 is 0 Å². The van der Waals surface area contributed by atoms with Gasteiger partial charge in [0.25, 0.3) is 5.91 Å². The van der Waals surface area contributed by atoms with Crippen molar-refractivity contribution >= 4 is 11.9 Å². The summed E-state index contributed by atoms with van der Waals surface area (Å²) in [7, 11) is 0. The van der Waals surface area contributed by atoms with Gasteiger partial charge < -0.3 is 15.5 Å². The average molecular weight is 287 g/mol. The summed E-state index contributed by atoms with van der Waals surface area (Å²) < 4.78 is 26.1. The number of carbonyl (C=O) groups excluding carboxylic acids is 1. The summed E-state index contributed by atoms with van der Waals surface area (Å²) in [6.07, 6.45) is 0.434. The molecular weight excluding hydrogens is 272 g/mol. The Kier molecular flexibility index (Phi) is 5.57. The monoisotopic (exact) mass is 287 g/mol. The molecule has 0 radical (unpaired) electrons. The van der Waals surface area contributed by atoms with Crippen molar-refractivity contribution in [3.8, 4) is 0 Å². The first-order chi connectivity index (χ1) is 9.32. The second-order valence-electron chi connectivity index (χ2n) is 4.36. The second-order valence-corrected chi connectivity index (χ2v) is 4.36. The van der Waals surface area contributed by atoms with Crippen molar-refractivity contribution in [1.82, 2.24) is 5.32 Å². The van der Waals surface area contributed by atoms with E-state index in [4.69, 9.17) is 10.2 Å². The van der Waals surface area contributed by atoms with E-state index in [9.17, 15) is 18.4 Å². The van der Waals surface area contributed by atoms with Gasteiger partial charge in [-0.1, -0.05) is 0 Å². The minimum absolute atomic E-state index is 0.196. The third-order valence-corrected chi connectivity index (χ3v) is 2.62. The number of amides is 1. The standard InChI is InChI=1S/C13H15F2NO4/c1-7(17)3-2-4-16-12(18)8-5-10(14)11(15)6-9(8)13(19)20/h5-7,17H,2-4H2,1H3,(H,16,18)(H,19,20). The van der Waals surface area contributed by atoms with Crippen LogP contribution in [0.3, 0.4) is 0 Å². The van der Waals surface area contributed by atoms with Gasteiger partial charge in [-0.15, -0.1) is 0 Å². The first-order valence-electron chi connectivity index (χ1n) is 6.01. The van der Waals surface area contributed by atoms with Crippen molar-refractivity contribution in [2.24, 2.45) is 0 Å². The van der Waals surface area contributed by atoms with E-state index in [2.05, 4.69) is 5.32 Å². The summed E-state index contributed by atoms with van der Waals surface area (Å²) in [6, 6.07) is 1.03. The fourth-order valence-electron chi connectivity index (χ4n) is 1.61. The van der Waals surface area contributed by atoms with Crippen LogP contribution in [0.1, 0.15) is 40.5 Å². The molecule has 0 bridgehead atoms. The highest BCUT2D eigenvalue weighted by Crippen LogP contribution is 2.15. The van der Waals surface area contributed by atoms with E-state index in [0.717, 1.165) is 0 Å². The summed E-state index contributed by atoms with van der Waals surface area (Å²) in [6.45, 7) is 1.79. The van der Waals surface area contributed by atoms with Crippen molar-refractivity contribution in [2.45, 2.75) is 25.9 Å². The highest BCUT2D eigenvalue weighted by atomic mass is 19.2. The zero-order valence-corrected chi connectivity index (χ0v) is 10.8. The zero-order chi connectivity index (χ0) is 15.3. The number of aromatic carboxylic acids is 1. The predicted octanol–water partition coefficient (Wildman–Crippen LogP) is 1.55. The number of halogens is 2. The summed E-state index contributed by atoms with van der Waals surface area (Å²) in [4.78, 5) is 22.7. The van der Waals surface area contributed by atoms with Crippen LogP contribution in [0.4, 0.5) is 8.78 Å². The lowest BCUT2D eigenvalue weighted by Crippen LogP contribution is -2.27. The molecular formula is C13H15F2NO4. The molecule has 1 amide bonds. The lowest BCUT2D eigenvalue weighted by atomic mass is 10.1. The van der Waals surface area contributed by atoms with Crippen LogP contribution in [0.5, 0.6) is 0 Å². The normalized spacial score (nSPS) is 12.0. The maximum Gasteiger partial charge on any atom is 0.336 e. The minimum atomic E-state index is -1.52. The summed E-state index contributed by atoms with van der Waals surface area (Å²) in [5.41, 5.74) is -1.04. The minimum Gasteiger partial charge on any atom is -0.478 e. The molecule has 0 heterocycles. The molecule has 0 fully saturated rings. The second kappa shape index (κ2) is 6.95. The van der Waals surface area contributed by atoms with E-state index in [-0.39, 0.29) is 6.54 Å². The van der Waals surface area contributed by atoms with Gasteiger partial charge in [-0.3, -0.25) is 4.79 Å². The molecule has 1 rings (SSSR count). The summed E-state index contributed by atoms with van der Waals surface area (Å²) in [5, 5.41) is 20.3. The SMILES string of the molecule is CC(O)CCCNC(=O)c1cc(F)c(F)cc1C(=O)O. The van der Waals surface area contributed by atoms with Gasteiger partial charge in [0, 0.05) is 6.54 Å². The molecule has 0 spiro atoms. The molecule has 5 nitrogen and oxygen atoms in total. The van der Waals surface area contributed by atoms with E-state index in [1.807, 2.05) is 0 Å². The molecule has 1 aromatic rings. The molecule has 0 aliphatic carbocycles. The molecule has 0 saturated heterocycles. The Balaban J connectivity index is 2.81. The Morgan fingerprint density at radius 1 is 1.25 bits per heavy atom. The largest absolute Gasteiger partial charge is 0.478 e. The zero-order valence-electron chi connectivity index (χ0n) is 10.8. The fraction of sp³-hybridized carbons (Fsp3) is 0.385. The van der Waals surface area contributed by atoms with Crippen LogP contribution in [0.25, 0.3) is 0 Å². The van der Waals surface area contributed by atoms with E-state index in [1.54, 1.807) is 6.92 Å². The van der Waals surface area contributed by atoms with Gasteiger partial charge in [0.1, 0.15) is 0 Å². The van der Waals surface area contributed by atoms with Gasteiger partial charge >= 0.3 is 5.97 Å². The first-order valence-corrected chi connectivity index (χ1v) is 6.01. The fourth-order valence-corrected chi connectivity index (χ4v) is 1.61. The molecule has 20 heavy (non-hydrogen) atoms. The topological polar surface area (TPSA) is 86.6 Å². The Bertz CT molecular complexity index is 517. The van der Waals surface area contributed by atoms with E-state index in [0.29, 0.717) is 25.0 Å². The molecule has 1 unspecified atom stereocenters. The molecule has 1 atom stereocenters. The van der Waals surface area contributed by atoms with Crippen molar-refractivity contribution in [2.75, 3.05) is 6.54 Å². The van der Waals surface area contributed by atoms with Gasteiger partial charge in [-0.2, -0.15) is 0 Å². The number of rotatable bonds is 6. The number of aliphatic hydroxyl groups excluding tert-OH is 1. The molecule has 0 aliphatic heterocycles. The third-order valence-electron chi connectivity index (χ3n) is 2.62. The van der Waals surface area contributed by atoms with Gasteiger partial charge in [-0.25, -0.2) is 13.6 Å². The lowest BCUT2D eigenvalue weighted by Gasteiger charge is -2.09. The van der Waals surface area contributed by atoms with Crippen LogP contribution in [0.2, 0.25) is 0 Å². The summed E-state index contributed by atoms with van der Waals surface area (Å²) in [5.74, 6) is -4.93. The van der Waals surface area contributed by atoms with Gasteiger partial charge in [0.05, 0.1) is 17.2 Å². The van der Waals surface area contributed by atoms with Crippen LogP contribution in [0.15, 0.2) is 12.1 Å². The molecule has 3 N–H and O–H groups in total. The number of carbonyl (C=O) groups is 2. The number of hydrogen-bond donors (Lipinski definition) is 3. The smallest absolute Gasteiger partial charge is 0.336 e. The first kappa shape index (κ1) is 16.0. The van der Waals surface area contributed by atoms with Crippen molar-refractivity contribution in [3.05, 3.63) is 34.9 Å². The average Bonchev–Trinajstić information content (AvgIpc) is 2.36. The summed E-state index contributed by atoms with van der Waals surface area (Å²) >= 11 is 0. The molecule has 0 aromatic heterocycles. The highest BCUT2D eigenvalue weighted by molar-refractivity contribution is 6.04. The number of aliphatic hydroxyl groups is 1. The predicted molar refractivity (Wildman–Crippen MR) is 66.6 cm³/mol. The third kappa shape index (κ3) is 4.27. The van der Waals surface area contributed by atoms with Crippen molar-refractivity contribution in [1.29, 1.82) is 0 Å². The van der Waals surface area contributed by atoms with Crippen molar-refractivity contribution < 1.29 is 28.6 Å². The van der Waals surface area contributed by atoms with Crippen LogP contribution >= 0.6 is 0 Å². The van der Waals surface area contributed by atoms with Crippen LogP contribution < -0.4 is 5.32 Å². The van der Waals surface area contributed by atoms with E-state index in [1.165, 1.54) is 0 Å². The highest BCUT2D eigenvalue weighted by Gasteiger charge is 2.20. The lowest BCUT2D eigenvalue weighted by molar-refractivity contribution is 0.0690. The maximum atomic E-state index is 13.1. The van der Waals surface area contributed by atoms with E-state index < -0.39 is 40.7 Å². The van der Waals surface area contributed by atoms with Crippen LogP contribution in [-0.2, 0) is 0 Å². The van der Waals surface area contributed by atoms with Crippen LogP contribution in [-0.4, -0.2) is 34.7 Å². The molecule has 1 aromatic carbocycles. The Hall–Kier alpha value is -2.02. The maximum absolute atomic E-state index is 13.1. The van der Waals surface area contributed by atoms with Crippen LogP contribution in [0, 0.1) is 11.6 Å².